The average molecular weight is 203 g/mol. The van der Waals surface area contributed by atoms with Crippen molar-refractivity contribution in [1.29, 1.82) is 0 Å². The largest absolute Gasteiger partial charge is 0.285 e. The van der Waals surface area contributed by atoms with Gasteiger partial charge in [0.15, 0.2) is 0 Å². The highest BCUT2D eigenvalue weighted by Crippen LogP contribution is 2.11. The molecule has 0 spiro atoms. The minimum atomic E-state index is 0.730. The highest BCUT2D eigenvalue weighted by molar-refractivity contribution is 5.77. The fourth-order valence-corrected chi connectivity index (χ4v) is 1.76. The Bertz CT molecular complexity index is 291. The van der Waals surface area contributed by atoms with Crippen LogP contribution in [0, 0.1) is 0 Å². The summed E-state index contributed by atoms with van der Waals surface area (Å²) in [4.78, 5) is 10.6. The molecule has 0 bridgehead atoms. The van der Waals surface area contributed by atoms with E-state index in [0.717, 1.165) is 17.5 Å². The van der Waals surface area contributed by atoms with Crippen molar-refractivity contribution in [2.45, 2.75) is 45.4 Å². The van der Waals surface area contributed by atoms with Gasteiger partial charge in [0, 0.05) is 5.56 Å². The van der Waals surface area contributed by atoms with Crippen molar-refractivity contribution in [3.63, 3.8) is 0 Å². The van der Waals surface area contributed by atoms with Crippen molar-refractivity contribution in [2.24, 2.45) is 0 Å². The Hall–Kier alpha value is -1.11. The van der Waals surface area contributed by atoms with Crippen molar-refractivity contribution >= 4 is 6.29 Å². The molecule has 0 heterocycles. The van der Waals surface area contributed by atoms with Crippen molar-refractivity contribution in [3.05, 3.63) is 35.4 Å². The van der Waals surface area contributed by atoms with Crippen LogP contribution in [0.1, 0.15) is 50.2 Å². The molecule has 0 saturated heterocycles. The Morgan fingerprint density at radius 3 is 2.53 bits per heavy atom. The lowest BCUT2D eigenvalue weighted by molar-refractivity contribution is 0.562. The number of unbranched alkanes of at least 4 members (excludes halogenated alkanes) is 4. The molecule has 15 heavy (non-hydrogen) atoms. The van der Waals surface area contributed by atoms with Gasteiger partial charge in [-0.1, -0.05) is 56.9 Å². The van der Waals surface area contributed by atoms with Gasteiger partial charge in [0.05, 0.1) is 0 Å². The van der Waals surface area contributed by atoms with Gasteiger partial charge in [-0.2, -0.15) is 0 Å². The molecule has 0 amide bonds. The fraction of sp³-hybridized carbons (Fsp3) is 0.500. The fourth-order valence-electron chi connectivity index (χ4n) is 1.76. The maximum Gasteiger partial charge on any atom is 0.233 e. The van der Waals surface area contributed by atoms with Gasteiger partial charge >= 0.3 is 0 Å². The van der Waals surface area contributed by atoms with Gasteiger partial charge < -0.3 is 0 Å². The SMILES string of the molecule is CCCCCCCc1ccccc1[C]=O. The first-order valence-corrected chi connectivity index (χ1v) is 5.84. The van der Waals surface area contributed by atoms with E-state index in [2.05, 4.69) is 6.92 Å². The summed E-state index contributed by atoms with van der Waals surface area (Å²) in [6.45, 7) is 2.22. The van der Waals surface area contributed by atoms with Crippen LogP contribution in [0.5, 0.6) is 0 Å². The highest BCUT2D eigenvalue weighted by atomic mass is 16.1. The third kappa shape index (κ3) is 4.28. The molecule has 1 aromatic rings. The van der Waals surface area contributed by atoms with Crippen LogP contribution in [0.4, 0.5) is 0 Å². The predicted molar refractivity (Wildman–Crippen MR) is 63.7 cm³/mol. The maximum absolute atomic E-state index is 10.6. The van der Waals surface area contributed by atoms with E-state index in [1.54, 1.807) is 0 Å². The number of hydrogen-bond acceptors (Lipinski definition) is 1. The molecule has 0 fully saturated rings. The molecule has 1 rings (SSSR count). The van der Waals surface area contributed by atoms with Crippen LogP contribution in [0.15, 0.2) is 24.3 Å². The Morgan fingerprint density at radius 2 is 1.80 bits per heavy atom. The topological polar surface area (TPSA) is 17.1 Å². The molecule has 0 saturated carbocycles. The molecule has 0 atom stereocenters. The first-order chi connectivity index (χ1) is 7.38. The average Bonchev–Trinajstić information content (AvgIpc) is 2.29. The molecule has 0 aliphatic rings. The quantitative estimate of drug-likeness (QED) is 0.618. The van der Waals surface area contributed by atoms with Crippen LogP contribution in [0.3, 0.4) is 0 Å². The molecule has 1 radical (unpaired) electrons. The zero-order valence-corrected chi connectivity index (χ0v) is 9.46. The monoisotopic (exact) mass is 203 g/mol. The van der Waals surface area contributed by atoms with Gasteiger partial charge in [-0.15, -0.1) is 0 Å². The molecule has 0 aliphatic heterocycles. The first-order valence-electron chi connectivity index (χ1n) is 5.84. The van der Waals surface area contributed by atoms with Gasteiger partial charge in [-0.3, -0.25) is 4.79 Å². The zero-order valence-electron chi connectivity index (χ0n) is 9.46. The Kier molecular flexibility index (Phi) is 5.76. The van der Waals surface area contributed by atoms with E-state index in [4.69, 9.17) is 0 Å². The number of aryl methyl sites for hydroxylation is 1. The smallest absolute Gasteiger partial charge is 0.233 e. The van der Waals surface area contributed by atoms with Crippen molar-refractivity contribution in [1.82, 2.24) is 0 Å². The summed E-state index contributed by atoms with van der Waals surface area (Å²) in [6, 6.07) is 7.75. The van der Waals surface area contributed by atoms with Crippen molar-refractivity contribution < 1.29 is 4.79 Å². The summed E-state index contributed by atoms with van der Waals surface area (Å²) >= 11 is 0. The standard InChI is InChI=1S/C14H19O/c1-2-3-4-5-6-9-13-10-7-8-11-14(13)12-15/h7-8,10-11H,2-6,9H2,1H3. The number of hydrogen-bond donors (Lipinski definition) is 0. The van der Waals surface area contributed by atoms with E-state index >= 15 is 0 Å². The predicted octanol–water partition coefficient (Wildman–Crippen LogP) is 3.66. The lowest BCUT2D eigenvalue weighted by Gasteiger charge is -2.03. The van der Waals surface area contributed by atoms with Gasteiger partial charge in [0.2, 0.25) is 6.29 Å². The molecule has 81 valence electrons. The van der Waals surface area contributed by atoms with E-state index in [1.165, 1.54) is 32.1 Å². The molecule has 0 N–H and O–H groups in total. The molecule has 1 aromatic carbocycles. The number of carbonyl (C=O) groups excluding carboxylic acids is 1. The van der Waals surface area contributed by atoms with Gasteiger partial charge in [-0.05, 0) is 18.4 Å². The molecular formula is C14H19O. The third-order valence-corrected chi connectivity index (χ3v) is 2.68. The Balaban J connectivity index is 2.33. The minimum Gasteiger partial charge on any atom is -0.285 e. The van der Waals surface area contributed by atoms with Crippen LogP contribution in [-0.4, -0.2) is 6.29 Å². The highest BCUT2D eigenvalue weighted by Gasteiger charge is 2.00. The van der Waals surface area contributed by atoms with E-state index < -0.39 is 0 Å². The van der Waals surface area contributed by atoms with Gasteiger partial charge in [0.25, 0.3) is 0 Å². The Labute approximate surface area is 92.5 Å². The van der Waals surface area contributed by atoms with Crippen molar-refractivity contribution in [2.75, 3.05) is 0 Å². The van der Waals surface area contributed by atoms with E-state index in [9.17, 15) is 4.79 Å². The van der Waals surface area contributed by atoms with Crippen LogP contribution >= 0.6 is 0 Å². The van der Waals surface area contributed by atoms with Crippen LogP contribution in [0.25, 0.3) is 0 Å². The summed E-state index contributed by atoms with van der Waals surface area (Å²) < 4.78 is 0. The molecule has 1 heteroatoms. The van der Waals surface area contributed by atoms with E-state index in [0.29, 0.717) is 0 Å². The zero-order chi connectivity index (χ0) is 10.9. The number of benzene rings is 1. The van der Waals surface area contributed by atoms with Gasteiger partial charge in [0.1, 0.15) is 0 Å². The first kappa shape index (κ1) is 12.0. The van der Waals surface area contributed by atoms with Crippen LogP contribution in [0.2, 0.25) is 0 Å². The van der Waals surface area contributed by atoms with Crippen LogP contribution in [-0.2, 0) is 11.2 Å². The van der Waals surface area contributed by atoms with E-state index in [-0.39, 0.29) is 0 Å². The molecular weight excluding hydrogens is 184 g/mol. The molecule has 1 nitrogen and oxygen atoms in total. The summed E-state index contributed by atoms with van der Waals surface area (Å²) in [5.41, 5.74) is 1.87. The lowest BCUT2D eigenvalue weighted by Crippen LogP contribution is -1.92. The summed E-state index contributed by atoms with van der Waals surface area (Å²) in [6.07, 6.45) is 9.36. The minimum absolute atomic E-state index is 0.730. The summed E-state index contributed by atoms with van der Waals surface area (Å²) in [5, 5.41) is 0. The van der Waals surface area contributed by atoms with Gasteiger partial charge in [-0.25, -0.2) is 0 Å². The summed E-state index contributed by atoms with van der Waals surface area (Å²) in [5.74, 6) is 0. The molecule has 0 aromatic heterocycles. The number of rotatable bonds is 7. The lowest BCUT2D eigenvalue weighted by atomic mass is 10.0. The Morgan fingerprint density at radius 1 is 1.07 bits per heavy atom. The molecule has 0 unspecified atom stereocenters. The second kappa shape index (κ2) is 7.22. The third-order valence-electron chi connectivity index (χ3n) is 2.68. The summed E-state index contributed by atoms with van der Waals surface area (Å²) in [7, 11) is 0. The normalized spacial score (nSPS) is 10.2. The second-order valence-electron chi connectivity index (χ2n) is 3.92. The molecule has 0 aliphatic carbocycles. The van der Waals surface area contributed by atoms with Crippen LogP contribution < -0.4 is 0 Å². The maximum atomic E-state index is 10.6. The van der Waals surface area contributed by atoms with E-state index in [1.807, 2.05) is 30.6 Å². The van der Waals surface area contributed by atoms with Crippen molar-refractivity contribution in [3.8, 4) is 0 Å². The second-order valence-corrected chi connectivity index (χ2v) is 3.92.